The molecular weight excluding hydrogens is 323 g/mol. The lowest BCUT2D eigenvalue weighted by Crippen LogP contribution is -2.18. The average molecular weight is 341 g/mol. The number of nitrogens with zero attached hydrogens (tertiary/aromatic N) is 1. The standard InChI is InChI=1S/C16H18F2NO3P/c1-3-21-23(20,22-4-2)16(17,18)14-10-8-13(9-11-14)15-7-5-6-12-19-15/h5-12H,3-4H2,1-2H3. The molecule has 4 nitrogen and oxygen atoms in total. The smallest absolute Gasteiger partial charge is 0.304 e. The summed E-state index contributed by atoms with van der Waals surface area (Å²) in [6.45, 7) is 2.73. The molecular formula is C16H18F2NO3P. The zero-order valence-electron chi connectivity index (χ0n) is 12.9. The molecule has 2 aromatic rings. The second kappa shape index (κ2) is 7.30. The van der Waals surface area contributed by atoms with Crippen LogP contribution in [0.25, 0.3) is 11.3 Å². The topological polar surface area (TPSA) is 48.4 Å². The molecule has 0 saturated carbocycles. The van der Waals surface area contributed by atoms with Crippen LogP contribution in [0.2, 0.25) is 0 Å². The van der Waals surface area contributed by atoms with E-state index in [1.165, 1.54) is 38.1 Å². The zero-order chi connectivity index (χ0) is 16.9. The van der Waals surface area contributed by atoms with Crippen molar-refractivity contribution in [2.24, 2.45) is 0 Å². The third-order valence-electron chi connectivity index (χ3n) is 3.13. The molecule has 7 heteroatoms. The van der Waals surface area contributed by atoms with Gasteiger partial charge in [-0.1, -0.05) is 30.3 Å². The van der Waals surface area contributed by atoms with Crippen molar-refractivity contribution in [1.29, 1.82) is 0 Å². The van der Waals surface area contributed by atoms with Gasteiger partial charge in [-0.05, 0) is 26.0 Å². The molecule has 0 bridgehead atoms. The lowest BCUT2D eigenvalue weighted by molar-refractivity contribution is 0.0361. The van der Waals surface area contributed by atoms with Crippen LogP contribution in [0.1, 0.15) is 19.4 Å². The van der Waals surface area contributed by atoms with Crippen molar-refractivity contribution < 1.29 is 22.4 Å². The van der Waals surface area contributed by atoms with Crippen LogP contribution in [-0.2, 0) is 19.3 Å². The van der Waals surface area contributed by atoms with E-state index in [0.29, 0.717) is 11.3 Å². The van der Waals surface area contributed by atoms with E-state index in [9.17, 15) is 13.3 Å². The minimum absolute atomic E-state index is 0.126. The van der Waals surface area contributed by atoms with Gasteiger partial charge in [0.2, 0.25) is 0 Å². The maximum atomic E-state index is 14.6. The summed E-state index contributed by atoms with van der Waals surface area (Å²) in [7, 11) is -4.58. The summed E-state index contributed by atoms with van der Waals surface area (Å²) in [6.07, 6.45) is 1.62. The summed E-state index contributed by atoms with van der Waals surface area (Å²) >= 11 is 0. The van der Waals surface area contributed by atoms with Gasteiger partial charge < -0.3 is 9.05 Å². The molecule has 0 aliphatic rings. The molecule has 0 unspecified atom stereocenters. The second-order valence-corrected chi connectivity index (χ2v) is 6.74. The van der Waals surface area contributed by atoms with Crippen LogP contribution in [0.15, 0.2) is 48.7 Å². The maximum Gasteiger partial charge on any atom is 0.404 e. The van der Waals surface area contributed by atoms with Crippen molar-refractivity contribution >= 4 is 7.60 Å². The van der Waals surface area contributed by atoms with Crippen LogP contribution in [0, 0.1) is 0 Å². The normalized spacial score (nSPS) is 12.3. The Balaban J connectivity index is 2.35. The quantitative estimate of drug-likeness (QED) is 0.660. The number of hydrogen-bond donors (Lipinski definition) is 0. The van der Waals surface area contributed by atoms with Crippen molar-refractivity contribution in [3.8, 4) is 11.3 Å². The number of halogens is 2. The Hall–Kier alpha value is -1.62. The molecule has 23 heavy (non-hydrogen) atoms. The average Bonchev–Trinajstić information content (AvgIpc) is 2.56. The summed E-state index contributed by atoms with van der Waals surface area (Å²) in [6, 6.07) is 10.8. The van der Waals surface area contributed by atoms with E-state index in [0.717, 1.165) is 0 Å². The highest BCUT2D eigenvalue weighted by atomic mass is 31.2. The first-order valence-electron chi connectivity index (χ1n) is 7.23. The van der Waals surface area contributed by atoms with Crippen molar-refractivity contribution in [2.45, 2.75) is 19.5 Å². The molecule has 2 rings (SSSR count). The predicted molar refractivity (Wildman–Crippen MR) is 84.4 cm³/mol. The number of alkyl halides is 2. The molecule has 0 aliphatic heterocycles. The van der Waals surface area contributed by atoms with Crippen molar-refractivity contribution in [2.75, 3.05) is 13.2 Å². The van der Waals surface area contributed by atoms with E-state index in [2.05, 4.69) is 4.98 Å². The molecule has 0 radical (unpaired) electrons. The summed E-state index contributed by atoms with van der Waals surface area (Å²) in [5.74, 6) is 0. The molecule has 0 atom stereocenters. The lowest BCUT2D eigenvalue weighted by atomic mass is 10.1. The van der Waals surface area contributed by atoms with Gasteiger partial charge in [-0.2, -0.15) is 8.78 Å². The van der Waals surface area contributed by atoms with Crippen LogP contribution in [0.5, 0.6) is 0 Å². The van der Waals surface area contributed by atoms with Crippen LogP contribution >= 0.6 is 7.60 Å². The Labute approximate surface area is 134 Å². The number of benzene rings is 1. The monoisotopic (exact) mass is 341 g/mol. The van der Waals surface area contributed by atoms with Crippen LogP contribution in [0.4, 0.5) is 8.78 Å². The van der Waals surface area contributed by atoms with Gasteiger partial charge in [0.25, 0.3) is 0 Å². The first-order valence-corrected chi connectivity index (χ1v) is 8.78. The third kappa shape index (κ3) is 3.66. The fraction of sp³-hybridized carbons (Fsp3) is 0.312. The van der Waals surface area contributed by atoms with Crippen LogP contribution < -0.4 is 0 Å². The van der Waals surface area contributed by atoms with Gasteiger partial charge in [0, 0.05) is 17.3 Å². The predicted octanol–water partition coefficient (Wildman–Crippen LogP) is 5.06. The summed E-state index contributed by atoms with van der Waals surface area (Å²) in [5, 5.41) is 0. The molecule has 0 amide bonds. The van der Waals surface area contributed by atoms with Crippen LogP contribution in [0.3, 0.4) is 0 Å². The zero-order valence-corrected chi connectivity index (χ0v) is 13.8. The summed E-state index contributed by atoms with van der Waals surface area (Å²) in [5.41, 5.74) is -2.78. The summed E-state index contributed by atoms with van der Waals surface area (Å²) in [4.78, 5) is 4.16. The van der Waals surface area contributed by atoms with Gasteiger partial charge in [-0.15, -0.1) is 0 Å². The van der Waals surface area contributed by atoms with E-state index >= 15 is 0 Å². The fourth-order valence-electron chi connectivity index (χ4n) is 2.07. The van der Waals surface area contributed by atoms with Gasteiger partial charge >= 0.3 is 13.3 Å². The Morgan fingerprint density at radius 3 is 2.13 bits per heavy atom. The summed E-state index contributed by atoms with van der Waals surface area (Å²) < 4.78 is 51.1. The fourth-order valence-corrected chi connectivity index (χ4v) is 3.62. The maximum absolute atomic E-state index is 14.6. The van der Waals surface area contributed by atoms with Gasteiger partial charge in [0.1, 0.15) is 0 Å². The molecule has 1 heterocycles. The van der Waals surface area contributed by atoms with Gasteiger partial charge in [-0.3, -0.25) is 9.55 Å². The molecule has 0 N–H and O–H groups in total. The molecule has 0 saturated heterocycles. The largest absolute Gasteiger partial charge is 0.404 e. The highest BCUT2D eigenvalue weighted by molar-refractivity contribution is 7.54. The van der Waals surface area contributed by atoms with Crippen LogP contribution in [-0.4, -0.2) is 18.2 Å². The SMILES string of the molecule is CCOP(=O)(OCC)C(F)(F)c1ccc(-c2ccccn2)cc1. The van der Waals surface area contributed by atoms with Gasteiger partial charge in [0.05, 0.1) is 18.9 Å². The number of rotatable bonds is 7. The molecule has 1 aromatic heterocycles. The van der Waals surface area contributed by atoms with E-state index in [1.807, 2.05) is 6.07 Å². The molecule has 0 fully saturated rings. The number of pyridine rings is 1. The van der Waals surface area contributed by atoms with E-state index in [1.54, 1.807) is 18.3 Å². The lowest BCUT2D eigenvalue weighted by Gasteiger charge is -2.26. The highest BCUT2D eigenvalue weighted by Crippen LogP contribution is 2.66. The Kier molecular flexibility index (Phi) is 5.63. The van der Waals surface area contributed by atoms with E-state index in [4.69, 9.17) is 9.05 Å². The van der Waals surface area contributed by atoms with E-state index < -0.39 is 18.8 Å². The highest BCUT2D eigenvalue weighted by Gasteiger charge is 2.54. The van der Waals surface area contributed by atoms with Crippen molar-refractivity contribution in [3.63, 3.8) is 0 Å². The van der Waals surface area contributed by atoms with Gasteiger partial charge in [-0.25, -0.2) is 0 Å². The second-order valence-electron chi connectivity index (χ2n) is 4.67. The molecule has 0 spiro atoms. The number of aromatic nitrogens is 1. The van der Waals surface area contributed by atoms with E-state index in [-0.39, 0.29) is 13.2 Å². The molecule has 124 valence electrons. The minimum Gasteiger partial charge on any atom is -0.304 e. The molecule has 0 aliphatic carbocycles. The Morgan fingerprint density at radius 2 is 1.65 bits per heavy atom. The van der Waals surface area contributed by atoms with Crippen molar-refractivity contribution in [3.05, 3.63) is 54.2 Å². The Morgan fingerprint density at radius 1 is 1.04 bits per heavy atom. The minimum atomic E-state index is -4.58. The van der Waals surface area contributed by atoms with Gasteiger partial charge in [0.15, 0.2) is 0 Å². The first-order chi connectivity index (χ1) is 10.9. The third-order valence-corrected chi connectivity index (χ3v) is 5.28. The number of hydrogen-bond acceptors (Lipinski definition) is 4. The van der Waals surface area contributed by atoms with Crippen molar-refractivity contribution in [1.82, 2.24) is 4.98 Å². The molecule has 1 aromatic carbocycles. The Bertz CT molecular complexity index is 667. The first kappa shape index (κ1) is 17.7.